The Morgan fingerprint density at radius 3 is 2.73 bits per heavy atom. The van der Waals surface area contributed by atoms with Crippen LogP contribution in [0, 0.1) is 13.8 Å². The quantitative estimate of drug-likeness (QED) is 0.544. The fourth-order valence-corrected chi connectivity index (χ4v) is 3.14. The number of aliphatic imine (C=N–C) groups is 1. The summed E-state index contributed by atoms with van der Waals surface area (Å²) < 4.78 is 5.94. The van der Waals surface area contributed by atoms with E-state index in [1.165, 1.54) is 5.56 Å². The van der Waals surface area contributed by atoms with Gasteiger partial charge in [-0.25, -0.2) is 9.98 Å². The second-order valence-electron chi connectivity index (χ2n) is 6.51. The Morgan fingerprint density at radius 2 is 2.08 bits per heavy atom. The number of nitrogens with one attached hydrogen (secondary N) is 2. The fourth-order valence-electron chi connectivity index (χ4n) is 2.49. The molecule has 2 rings (SSSR count). The van der Waals surface area contributed by atoms with Gasteiger partial charge in [0.2, 0.25) is 0 Å². The molecule has 0 spiro atoms. The SMILES string of the molecule is CCNC(=NCc1ccc(C)cc1OC(C)C)NCCc1csc(C)n1. The highest BCUT2D eigenvalue weighted by atomic mass is 32.1. The molecule has 5 nitrogen and oxygen atoms in total. The lowest BCUT2D eigenvalue weighted by Crippen LogP contribution is -2.38. The molecule has 142 valence electrons. The molecule has 1 aromatic heterocycles. The van der Waals surface area contributed by atoms with Crippen LogP contribution in [0.25, 0.3) is 0 Å². The topological polar surface area (TPSA) is 58.5 Å². The van der Waals surface area contributed by atoms with Gasteiger partial charge in [0.05, 0.1) is 23.4 Å². The molecule has 0 saturated heterocycles. The van der Waals surface area contributed by atoms with E-state index in [1.54, 1.807) is 11.3 Å². The van der Waals surface area contributed by atoms with E-state index in [-0.39, 0.29) is 6.10 Å². The summed E-state index contributed by atoms with van der Waals surface area (Å²) in [6, 6.07) is 6.27. The molecule has 1 aromatic carbocycles. The van der Waals surface area contributed by atoms with Crippen molar-refractivity contribution in [3.05, 3.63) is 45.4 Å². The van der Waals surface area contributed by atoms with Gasteiger partial charge in [0.1, 0.15) is 5.75 Å². The van der Waals surface area contributed by atoms with Crippen molar-refractivity contribution in [2.45, 2.75) is 53.7 Å². The predicted octanol–water partition coefficient (Wildman–Crippen LogP) is 3.84. The van der Waals surface area contributed by atoms with Crippen LogP contribution in [-0.4, -0.2) is 30.1 Å². The zero-order valence-electron chi connectivity index (χ0n) is 16.4. The molecule has 6 heteroatoms. The summed E-state index contributed by atoms with van der Waals surface area (Å²) in [7, 11) is 0. The van der Waals surface area contributed by atoms with Gasteiger partial charge in [-0.15, -0.1) is 11.3 Å². The van der Waals surface area contributed by atoms with Crippen LogP contribution in [0.5, 0.6) is 5.75 Å². The second kappa shape index (κ2) is 10.2. The summed E-state index contributed by atoms with van der Waals surface area (Å²) >= 11 is 1.69. The van der Waals surface area contributed by atoms with Crippen LogP contribution in [-0.2, 0) is 13.0 Å². The van der Waals surface area contributed by atoms with Crippen LogP contribution < -0.4 is 15.4 Å². The first-order chi connectivity index (χ1) is 12.5. The molecule has 0 saturated carbocycles. The Morgan fingerprint density at radius 1 is 1.27 bits per heavy atom. The number of guanidine groups is 1. The molecule has 0 radical (unpaired) electrons. The summed E-state index contributed by atoms with van der Waals surface area (Å²) in [5.74, 6) is 1.73. The number of benzene rings is 1. The van der Waals surface area contributed by atoms with Gasteiger partial charge in [0.15, 0.2) is 5.96 Å². The molecule has 1 heterocycles. The summed E-state index contributed by atoms with van der Waals surface area (Å²) in [5, 5.41) is 9.90. The van der Waals surface area contributed by atoms with Gasteiger partial charge in [-0.3, -0.25) is 0 Å². The van der Waals surface area contributed by atoms with E-state index in [0.717, 1.165) is 47.5 Å². The molecule has 0 amide bonds. The van der Waals surface area contributed by atoms with Gasteiger partial charge in [-0.2, -0.15) is 0 Å². The molecule has 0 atom stereocenters. The van der Waals surface area contributed by atoms with Gasteiger partial charge < -0.3 is 15.4 Å². The summed E-state index contributed by atoms with van der Waals surface area (Å²) in [6.45, 7) is 12.5. The average Bonchev–Trinajstić information content (AvgIpc) is 2.98. The molecule has 2 aromatic rings. The van der Waals surface area contributed by atoms with Crippen LogP contribution in [0.3, 0.4) is 0 Å². The van der Waals surface area contributed by atoms with Gasteiger partial charge >= 0.3 is 0 Å². The first-order valence-corrected chi connectivity index (χ1v) is 10.0. The molecule has 0 bridgehead atoms. The van der Waals surface area contributed by atoms with E-state index in [0.29, 0.717) is 6.54 Å². The van der Waals surface area contributed by atoms with E-state index in [4.69, 9.17) is 9.73 Å². The number of nitrogens with zero attached hydrogens (tertiary/aromatic N) is 2. The van der Waals surface area contributed by atoms with Crippen LogP contribution in [0.15, 0.2) is 28.6 Å². The Hall–Kier alpha value is -2.08. The minimum absolute atomic E-state index is 0.146. The number of thiazole rings is 1. The number of hydrogen-bond acceptors (Lipinski definition) is 4. The zero-order chi connectivity index (χ0) is 18.9. The van der Waals surface area contributed by atoms with Crippen molar-refractivity contribution in [2.24, 2.45) is 4.99 Å². The van der Waals surface area contributed by atoms with E-state index >= 15 is 0 Å². The number of aryl methyl sites for hydroxylation is 2. The highest BCUT2D eigenvalue weighted by molar-refractivity contribution is 7.09. The number of ether oxygens (including phenoxy) is 1. The fraction of sp³-hybridized carbons (Fsp3) is 0.500. The van der Waals surface area contributed by atoms with Crippen molar-refractivity contribution in [1.82, 2.24) is 15.6 Å². The Bertz CT molecular complexity index is 724. The monoisotopic (exact) mass is 374 g/mol. The van der Waals surface area contributed by atoms with Crippen molar-refractivity contribution < 1.29 is 4.74 Å². The molecule has 2 N–H and O–H groups in total. The Kier molecular flexibility index (Phi) is 7.91. The molecule has 0 fully saturated rings. The second-order valence-corrected chi connectivity index (χ2v) is 7.57. The summed E-state index contributed by atoms with van der Waals surface area (Å²) in [6.07, 6.45) is 1.04. The van der Waals surface area contributed by atoms with E-state index in [1.807, 2.05) is 20.8 Å². The van der Waals surface area contributed by atoms with Crippen molar-refractivity contribution in [2.75, 3.05) is 13.1 Å². The van der Waals surface area contributed by atoms with E-state index < -0.39 is 0 Å². The lowest BCUT2D eigenvalue weighted by Gasteiger charge is -2.15. The van der Waals surface area contributed by atoms with E-state index in [2.05, 4.69) is 53.0 Å². The van der Waals surface area contributed by atoms with Gasteiger partial charge in [-0.05, 0) is 46.2 Å². The largest absolute Gasteiger partial charge is 0.491 e. The summed E-state index contributed by atoms with van der Waals surface area (Å²) in [5.41, 5.74) is 3.41. The van der Waals surface area contributed by atoms with E-state index in [9.17, 15) is 0 Å². The maximum Gasteiger partial charge on any atom is 0.191 e. The number of aromatic nitrogens is 1. The minimum atomic E-state index is 0.146. The summed E-state index contributed by atoms with van der Waals surface area (Å²) in [4.78, 5) is 9.21. The van der Waals surface area contributed by atoms with Crippen molar-refractivity contribution in [3.63, 3.8) is 0 Å². The highest BCUT2D eigenvalue weighted by Gasteiger charge is 2.07. The molecular weight excluding hydrogens is 344 g/mol. The van der Waals surface area contributed by atoms with Crippen LogP contribution in [0.4, 0.5) is 0 Å². The third-order valence-electron chi connectivity index (χ3n) is 3.68. The molecule has 0 aliphatic carbocycles. The lowest BCUT2D eigenvalue weighted by molar-refractivity contribution is 0.240. The molecule has 0 unspecified atom stereocenters. The molecule has 0 aliphatic heterocycles. The minimum Gasteiger partial charge on any atom is -0.491 e. The third kappa shape index (κ3) is 6.67. The van der Waals surface area contributed by atoms with Crippen molar-refractivity contribution in [3.8, 4) is 5.75 Å². The van der Waals surface area contributed by atoms with Gasteiger partial charge in [-0.1, -0.05) is 12.1 Å². The Balaban J connectivity index is 1.99. The van der Waals surface area contributed by atoms with Gasteiger partial charge in [0.25, 0.3) is 0 Å². The third-order valence-corrected chi connectivity index (χ3v) is 4.50. The first kappa shape index (κ1) is 20.2. The van der Waals surface area contributed by atoms with Crippen LogP contribution in [0.1, 0.15) is 42.6 Å². The maximum absolute atomic E-state index is 5.94. The standard InChI is InChI=1S/C20H30N4OS/c1-6-21-20(22-10-9-18-13-26-16(5)24-18)23-12-17-8-7-15(4)11-19(17)25-14(2)3/h7-8,11,13-14H,6,9-10,12H2,1-5H3,(H2,21,22,23). The maximum atomic E-state index is 5.94. The van der Waals surface area contributed by atoms with Crippen LogP contribution >= 0.6 is 11.3 Å². The lowest BCUT2D eigenvalue weighted by atomic mass is 10.1. The zero-order valence-corrected chi connectivity index (χ0v) is 17.2. The number of hydrogen-bond donors (Lipinski definition) is 2. The Labute approximate surface area is 160 Å². The molecular formula is C20H30N4OS. The first-order valence-electron chi connectivity index (χ1n) is 9.17. The highest BCUT2D eigenvalue weighted by Crippen LogP contribution is 2.22. The van der Waals surface area contributed by atoms with Crippen molar-refractivity contribution >= 4 is 17.3 Å². The smallest absolute Gasteiger partial charge is 0.191 e. The van der Waals surface area contributed by atoms with Gasteiger partial charge in [0, 0.05) is 30.5 Å². The van der Waals surface area contributed by atoms with Crippen LogP contribution in [0.2, 0.25) is 0 Å². The van der Waals surface area contributed by atoms with Crippen molar-refractivity contribution in [1.29, 1.82) is 0 Å². The normalized spacial score (nSPS) is 11.7. The average molecular weight is 375 g/mol. The molecule has 26 heavy (non-hydrogen) atoms. The molecule has 0 aliphatic rings. The predicted molar refractivity (Wildman–Crippen MR) is 110 cm³/mol. The number of rotatable bonds is 8.